The molecule has 0 saturated heterocycles. The van der Waals surface area contributed by atoms with Gasteiger partial charge in [-0.05, 0) is 0 Å². The topological polar surface area (TPSA) is 46.5 Å². The number of phenols is 1. The lowest BCUT2D eigenvalue weighted by molar-refractivity contribution is 0.0604. The Morgan fingerprint density at radius 2 is 1.47 bits per heavy atom. The van der Waals surface area contributed by atoms with Gasteiger partial charge in [-0.3, -0.25) is 0 Å². The second kappa shape index (κ2) is 4.09. The van der Waals surface area contributed by atoms with E-state index in [0.29, 0.717) is 5.56 Å². The predicted molar refractivity (Wildman–Crippen MR) is 72.2 cm³/mol. The Kier molecular flexibility index (Phi) is 3.22. The van der Waals surface area contributed by atoms with Gasteiger partial charge in [-0.1, -0.05) is 21.9 Å². The van der Waals surface area contributed by atoms with E-state index < -0.39 is 0 Å². The summed E-state index contributed by atoms with van der Waals surface area (Å²) in [4.78, 5) is 11.6. The van der Waals surface area contributed by atoms with Crippen LogP contribution in [0.2, 0.25) is 0 Å². The number of esters is 1. The van der Waals surface area contributed by atoms with E-state index in [2.05, 4.69) is 0 Å². The molecule has 0 fully saturated rings. The molecule has 1 aromatic carbocycles. The van der Waals surface area contributed by atoms with Crippen LogP contribution in [0.5, 0.6) is 5.75 Å². The number of hydrogen-bond acceptors (Lipinski definition) is 3. The summed E-state index contributed by atoms with van der Waals surface area (Å²) in [5.74, 6) is -0.0890. The van der Waals surface area contributed by atoms with Gasteiger partial charge in [-0.25, -0.2) is 4.79 Å². The van der Waals surface area contributed by atoms with Crippen molar-refractivity contribution in [1.82, 2.24) is 0 Å². The van der Waals surface area contributed by atoms with Crippen molar-refractivity contribution in [2.24, 2.45) is 0 Å². The van der Waals surface area contributed by atoms with Crippen LogP contribution in [0.4, 0.5) is 0 Å². The highest BCUT2D eigenvalue weighted by Gasteiger charge is 2.18. The molecule has 74 valence electrons. The molecule has 0 aromatic heterocycles. The Hall–Kier alpha value is -1.25. The first-order chi connectivity index (χ1) is 6.91. The fourth-order valence-corrected chi connectivity index (χ4v) is 1.70. The third kappa shape index (κ3) is 1.78. The summed E-state index contributed by atoms with van der Waals surface area (Å²) >= 11 is 0. The number of phenolic OH excluding ortho intramolecular Hbond substituents is 1. The number of carbonyl (C=O) groups excluding carboxylic acids is 1. The fourth-order valence-electron chi connectivity index (χ4n) is 1.70. The molecule has 0 unspecified atom stereocenters. The summed E-state index contributed by atoms with van der Waals surface area (Å²) in [5.41, 5.74) is 3.59. The van der Waals surface area contributed by atoms with E-state index in [1.165, 1.54) is 7.11 Å². The fraction of sp³-hybridized carbons (Fsp3) is 0.125. The highest BCUT2D eigenvalue weighted by Crippen LogP contribution is 1.98. The van der Waals surface area contributed by atoms with Gasteiger partial charge in [0, 0.05) is 5.56 Å². The average Bonchev–Trinajstić information content (AvgIpc) is 2.23. The van der Waals surface area contributed by atoms with Gasteiger partial charge in [0.05, 0.1) is 7.11 Å². The molecule has 1 rings (SSSR count). The third-order valence-corrected chi connectivity index (χ3v) is 2.97. The van der Waals surface area contributed by atoms with Crippen LogP contribution >= 0.6 is 0 Å². The Labute approximate surface area is 92.8 Å². The van der Waals surface area contributed by atoms with Gasteiger partial charge in [0.1, 0.15) is 37.1 Å². The second-order valence-electron chi connectivity index (χ2n) is 3.72. The Morgan fingerprint density at radius 1 is 1.07 bits per heavy atom. The van der Waals surface area contributed by atoms with Crippen LogP contribution in [-0.4, -0.2) is 49.6 Å². The number of carbonyl (C=O) groups is 1. The van der Waals surface area contributed by atoms with Crippen molar-refractivity contribution in [2.75, 3.05) is 7.11 Å². The van der Waals surface area contributed by atoms with Crippen molar-refractivity contribution in [3.8, 4) is 5.75 Å². The van der Waals surface area contributed by atoms with Gasteiger partial charge >= 0.3 is 5.97 Å². The van der Waals surface area contributed by atoms with E-state index in [0.717, 1.165) is 21.9 Å². The second-order valence-corrected chi connectivity index (χ2v) is 3.72. The van der Waals surface area contributed by atoms with E-state index in [4.69, 9.17) is 4.74 Å². The van der Waals surface area contributed by atoms with Gasteiger partial charge < -0.3 is 9.84 Å². The number of aromatic hydroxyl groups is 1. The van der Waals surface area contributed by atoms with Gasteiger partial charge in [-0.15, -0.1) is 0 Å². The van der Waals surface area contributed by atoms with E-state index >= 15 is 0 Å². The SMILES string of the molecule is Bc1c(B)c(C(=O)OC)c(B)c(B)c1O. The maximum Gasteiger partial charge on any atom is 0.336 e. The first-order valence-electron chi connectivity index (χ1n) is 4.79. The molecule has 0 atom stereocenters. The summed E-state index contributed by atoms with van der Waals surface area (Å²) in [7, 11) is 8.58. The van der Waals surface area contributed by atoms with E-state index in [1.54, 1.807) is 15.7 Å². The highest BCUT2D eigenvalue weighted by atomic mass is 16.5. The molecule has 3 nitrogen and oxygen atoms in total. The van der Waals surface area contributed by atoms with E-state index in [-0.39, 0.29) is 11.7 Å². The van der Waals surface area contributed by atoms with Gasteiger partial charge in [0.15, 0.2) is 0 Å². The predicted octanol–water partition coefficient (Wildman–Crippen LogP) is -5.79. The van der Waals surface area contributed by atoms with Gasteiger partial charge in [-0.2, -0.15) is 0 Å². The maximum absolute atomic E-state index is 11.6. The molecular formula is C8H12B4O3. The van der Waals surface area contributed by atoms with E-state index in [1.807, 2.05) is 15.7 Å². The summed E-state index contributed by atoms with van der Waals surface area (Å²) in [6, 6.07) is 0. The monoisotopic (exact) mass is 200 g/mol. The Morgan fingerprint density at radius 3 is 1.80 bits per heavy atom. The van der Waals surface area contributed by atoms with E-state index in [9.17, 15) is 9.90 Å². The third-order valence-electron chi connectivity index (χ3n) is 2.97. The first kappa shape index (κ1) is 11.8. The van der Waals surface area contributed by atoms with Gasteiger partial charge in [0.25, 0.3) is 0 Å². The van der Waals surface area contributed by atoms with Crippen molar-refractivity contribution in [3.63, 3.8) is 0 Å². The average molecular weight is 199 g/mol. The van der Waals surface area contributed by atoms with Crippen molar-refractivity contribution in [1.29, 1.82) is 0 Å². The first-order valence-corrected chi connectivity index (χ1v) is 4.79. The molecule has 0 aliphatic heterocycles. The molecule has 0 amide bonds. The minimum atomic E-state index is -0.351. The molecule has 0 aliphatic rings. The lowest BCUT2D eigenvalue weighted by Gasteiger charge is -2.16. The number of methoxy groups -OCH3 is 1. The number of hydrogen-bond donors (Lipinski definition) is 1. The molecule has 7 heteroatoms. The largest absolute Gasteiger partial charge is 0.509 e. The Bertz CT molecular complexity index is 401. The quantitative estimate of drug-likeness (QED) is 0.362. The molecule has 0 radical (unpaired) electrons. The molecule has 0 bridgehead atoms. The lowest BCUT2D eigenvalue weighted by atomic mass is 9.66. The normalized spacial score (nSPS) is 9.93. The lowest BCUT2D eigenvalue weighted by Crippen LogP contribution is -2.46. The molecule has 0 saturated carbocycles. The molecule has 0 aliphatic carbocycles. The van der Waals surface area contributed by atoms with Crippen molar-refractivity contribution < 1.29 is 14.6 Å². The highest BCUT2D eigenvalue weighted by molar-refractivity contribution is 6.60. The molecular weight excluding hydrogens is 187 g/mol. The van der Waals surface area contributed by atoms with Crippen molar-refractivity contribution in [3.05, 3.63) is 5.56 Å². The van der Waals surface area contributed by atoms with Crippen LogP contribution < -0.4 is 21.9 Å². The summed E-state index contributed by atoms with van der Waals surface area (Å²) in [6.07, 6.45) is 0. The van der Waals surface area contributed by atoms with Gasteiger partial charge in [0.2, 0.25) is 0 Å². The van der Waals surface area contributed by atoms with Crippen LogP contribution in [0.15, 0.2) is 0 Å². The summed E-state index contributed by atoms with van der Waals surface area (Å²) in [5, 5.41) is 9.79. The van der Waals surface area contributed by atoms with Crippen LogP contribution in [-0.2, 0) is 4.74 Å². The zero-order valence-electron chi connectivity index (χ0n) is 9.76. The number of benzene rings is 1. The molecule has 0 heterocycles. The van der Waals surface area contributed by atoms with Crippen LogP contribution in [0.25, 0.3) is 0 Å². The zero-order valence-corrected chi connectivity index (χ0v) is 9.76. The number of rotatable bonds is 1. The smallest absolute Gasteiger partial charge is 0.336 e. The maximum atomic E-state index is 11.6. The number of ether oxygens (including phenoxy) is 1. The summed E-state index contributed by atoms with van der Waals surface area (Å²) < 4.78 is 4.73. The van der Waals surface area contributed by atoms with Crippen LogP contribution in [0, 0.1) is 0 Å². The molecule has 1 N–H and O–H groups in total. The molecule has 1 aromatic rings. The Balaban J connectivity index is 3.60. The minimum Gasteiger partial charge on any atom is -0.509 e. The van der Waals surface area contributed by atoms with Crippen LogP contribution in [0.3, 0.4) is 0 Å². The summed E-state index contributed by atoms with van der Waals surface area (Å²) in [6.45, 7) is 0. The zero-order chi connectivity index (χ0) is 11.7. The molecule has 0 spiro atoms. The van der Waals surface area contributed by atoms with Crippen molar-refractivity contribution in [2.45, 2.75) is 0 Å². The minimum absolute atomic E-state index is 0.262. The van der Waals surface area contributed by atoms with Crippen molar-refractivity contribution >= 4 is 59.2 Å². The van der Waals surface area contributed by atoms with Crippen LogP contribution in [0.1, 0.15) is 10.4 Å². The standard InChI is InChI=1S/C8H12B4O3/c1-15-8(14)2-3(9)5(11)7(13)6(12)4(2)10/h13H,9-12H2,1H3. The molecule has 15 heavy (non-hydrogen) atoms.